The Kier molecular flexibility index (Phi) is 7.16. The van der Waals surface area contributed by atoms with Crippen molar-refractivity contribution in [1.29, 1.82) is 0 Å². The zero-order valence-electron chi connectivity index (χ0n) is 9.57. The lowest BCUT2D eigenvalue weighted by Gasteiger charge is -2.19. The maximum Gasteiger partial charge on any atom is 0.320 e. The van der Waals surface area contributed by atoms with Gasteiger partial charge in [0.05, 0.1) is 20.9 Å². The maximum atomic E-state index is 12.1. The van der Waals surface area contributed by atoms with Crippen LogP contribution in [0.1, 0.15) is 12.8 Å². The standard InChI is InChI=1S/C11H17FO4/c1-4-8(6-5-7-12)9(10(13)15-2)11(14)16-3/h4,8-9H,1,5-7H2,2-3H3/t8-/m0/s1. The number of halogens is 1. The molecule has 0 N–H and O–H groups in total. The van der Waals surface area contributed by atoms with Gasteiger partial charge in [-0.15, -0.1) is 6.58 Å². The summed E-state index contributed by atoms with van der Waals surface area (Å²) in [6.07, 6.45) is 2.07. The van der Waals surface area contributed by atoms with Crippen molar-refractivity contribution < 1.29 is 23.5 Å². The summed E-state index contributed by atoms with van der Waals surface area (Å²) in [4.78, 5) is 22.8. The van der Waals surface area contributed by atoms with Crippen molar-refractivity contribution in [2.24, 2.45) is 11.8 Å². The van der Waals surface area contributed by atoms with Crippen molar-refractivity contribution >= 4 is 11.9 Å². The minimum atomic E-state index is -1.06. The molecular weight excluding hydrogens is 215 g/mol. The van der Waals surface area contributed by atoms with E-state index in [1.165, 1.54) is 20.3 Å². The van der Waals surface area contributed by atoms with E-state index >= 15 is 0 Å². The number of rotatable bonds is 7. The number of allylic oxidation sites excluding steroid dienone is 1. The summed E-state index contributed by atoms with van der Waals surface area (Å²) in [7, 11) is 2.38. The van der Waals surface area contributed by atoms with Gasteiger partial charge in [0.15, 0.2) is 5.92 Å². The van der Waals surface area contributed by atoms with E-state index in [-0.39, 0.29) is 6.42 Å². The third kappa shape index (κ3) is 4.00. The average molecular weight is 232 g/mol. The molecule has 0 saturated heterocycles. The number of esters is 2. The highest BCUT2D eigenvalue weighted by Gasteiger charge is 2.34. The molecule has 0 rings (SSSR count). The lowest BCUT2D eigenvalue weighted by atomic mass is 9.88. The van der Waals surface area contributed by atoms with Gasteiger partial charge < -0.3 is 9.47 Å². The number of ether oxygens (including phenoxy) is 2. The van der Waals surface area contributed by atoms with Crippen LogP contribution in [0.15, 0.2) is 12.7 Å². The molecule has 0 aliphatic carbocycles. The van der Waals surface area contributed by atoms with Crippen molar-refractivity contribution in [3.63, 3.8) is 0 Å². The number of hydrogen-bond donors (Lipinski definition) is 0. The second-order valence-corrected chi connectivity index (χ2v) is 3.25. The second kappa shape index (κ2) is 7.84. The van der Waals surface area contributed by atoms with Gasteiger partial charge in [0.2, 0.25) is 0 Å². The van der Waals surface area contributed by atoms with E-state index in [1.807, 2.05) is 0 Å². The Morgan fingerprint density at radius 3 is 2.12 bits per heavy atom. The predicted molar refractivity (Wildman–Crippen MR) is 56.4 cm³/mol. The number of methoxy groups -OCH3 is 2. The highest BCUT2D eigenvalue weighted by molar-refractivity contribution is 5.95. The van der Waals surface area contributed by atoms with Crippen molar-refractivity contribution in [2.75, 3.05) is 20.9 Å². The number of carbonyl (C=O) groups is 2. The molecule has 0 unspecified atom stereocenters. The summed E-state index contributed by atoms with van der Waals surface area (Å²) < 4.78 is 21.1. The molecule has 4 nitrogen and oxygen atoms in total. The quantitative estimate of drug-likeness (QED) is 0.379. The van der Waals surface area contributed by atoms with Gasteiger partial charge >= 0.3 is 11.9 Å². The van der Waals surface area contributed by atoms with Crippen molar-refractivity contribution in [1.82, 2.24) is 0 Å². The fourth-order valence-electron chi connectivity index (χ4n) is 1.43. The first-order valence-corrected chi connectivity index (χ1v) is 4.96. The molecule has 0 aromatic heterocycles. The Bertz CT molecular complexity index is 236. The third-order valence-electron chi connectivity index (χ3n) is 2.31. The Labute approximate surface area is 94.4 Å². The fraction of sp³-hybridized carbons (Fsp3) is 0.636. The van der Waals surface area contributed by atoms with Crippen LogP contribution in [0, 0.1) is 11.8 Å². The normalized spacial score (nSPS) is 12.0. The molecule has 5 heteroatoms. The van der Waals surface area contributed by atoms with E-state index in [2.05, 4.69) is 16.1 Å². The molecule has 0 amide bonds. The van der Waals surface area contributed by atoms with Gasteiger partial charge in [-0.3, -0.25) is 14.0 Å². The first-order valence-electron chi connectivity index (χ1n) is 4.96. The topological polar surface area (TPSA) is 52.6 Å². The van der Waals surface area contributed by atoms with E-state index in [0.29, 0.717) is 6.42 Å². The maximum absolute atomic E-state index is 12.1. The Hall–Kier alpha value is -1.39. The molecule has 0 fully saturated rings. The lowest BCUT2D eigenvalue weighted by Crippen LogP contribution is -2.32. The third-order valence-corrected chi connectivity index (χ3v) is 2.31. The SMILES string of the molecule is C=C[C@@H](CCCF)C(C(=O)OC)C(=O)OC. The number of carbonyl (C=O) groups excluding carboxylic acids is 2. The summed E-state index contributed by atoms with van der Waals surface area (Å²) in [5.74, 6) is -2.89. The Morgan fingerprint density at radius 2 is 1.81 bits per heavy atom. The lowest BCUT2D eigenvalue weighted by molar-refractivity contribution is -0.160. The largest absolute Gasteiger partial charge is 0.468 e. The summed E-state index contributed by atoms with van der Waals surface area (Å²) in [5, 5.41) is 0. The van der Waals surface area contributed by atoms with Gasteiger partial charge in [0.1, 0.15) is 0 Å². The van der Waals surface area contributed by atoms with Crippen LogP contribution >= 0.6 is 0 Å². The minimum absolute atomic E-state index is 0.265. The van der Waals surface area contributed by atoms with E-state index in [4.69, 9.17) is 0 Å². The molecule has 92 valence electrons. The molecule has 1 atom stereocenters. The zero-order valence-corrected chi connectivity index (χ0v) is 9.57. The molecule has 0 radical (unpaired) electrons. The van der Waals surface area contributed by atoms with Gasteiger partial charge in [-0.05, 0) is 12.8 Å². The van der Waals surface area contributed by atoms with Crippen LogP contribution in [0.25, 0.3) is 0 Å². The van der Waals surface area contributed by atoms with E-state index in [0.717, 1.165) is 0 Å². The molecule has 0 aliphatic rings. The minimum Gasteiger partial charge on any atom is -0.468 e. The predicted octanol–water partition coefficient (Wildman–Crippen LogP) is 1.50. The van der Waals surface area contributed by atoms with Gasteiger partial charge in [-0.25, -0.2) is 0 Å². The van der Waals surface area contributed by atoms with Crippen LogP contribution in [0.4, 0.5) is 4.39 Å². The van der Waals surface area contributed by atoms with Gasteiger partial charge in [-0.2, -0.15) is 0 Å². The van der Waals surface area contributed by atoms with E-state index in [9.17, 15) is 14.0 Å². The van der Waals surface area contributed by atoms with Crippen LogP contribution in [-0.4, -0.2) is 32.8 Å². The zero-order chi connectivity index (χ0) is 12.6. The summed E-state index contributed by atoms with van der Waals surface area (Å²) in [6.45, 7) is 3.03. The van der Waals surface area contributed by atoms with Gasteiger partial charge in [-0.1, -0.05) is 6.08 Å². The van der Waals surface area contributed by atoms with Crippen LogP contribution in [0.3, 0.4) is 0 Å². The molecule has 0 aliphatic heterocycles. The van der Waals surface area contributed by atoms with Crippen LogP contribution in [-0.2, 0) is 19.1 Å². The first-order chi connectivity index (χ1) is 7.62. The van der Waals surface area contributed by atoms with Gasteiger partial charge in [0, 0.05) is 5.92 Å². The monoisotopic (exact) mass is 232 g/mol. The highest BCUT2D eigenvalue weighted by Crippen LogP contribution is 2.22. The smallest absolute Gasteiger partial charge is 0.320 e. The molecule has 0 aromatic rings. The summed E-state index contributed by atoms with van der Waals surface area (Å²) >= 11 is 0. The second-order valence-electron chi connectivity index (χ2n) is 3.25. The van der Waals surface area contributed by atoms with Crippen LogP contribution in [0.5, 0.6) is 0 Å². The Balaban J connectivity index is 4.75. The van der Waals surface area contributed by atoms with Gasteiger partial charge in [0.25, 0.3) is 0 Å². The Morgan fingerprint density at radius 1 is 1.31 bits per heavy atom. The summed E-state index contributed by atoms with van der Waals surface area (Å²) in [6, 6.07) is 0. The van der Waals surface area contributed by atoms with Crippen LogP contribution < -0.4 is 0 Å². The van der Waals surface area contributed by atoms with Crippen molar-refractivity contribution in [2.45, 2.75) is 12.8 Å². The van der Waals surface area contributed by atoms with Crippen LogP contribution in [0.2, 0.25) is 0 Å². The molecule has 16 heavy (non-hydrogen) atoms. The van der Waals surface area contributed by atoms with Crippen molar-refractivity contribution in [3.05, 3.63) is 12.7 Å². The molecule has 0 bridgehead atoms. The van der Waals surface area contributed by atoms with E-state index < -0.39 is 30.4 Å². The fourth-order valence-corrected chi connectivity index (χ4v) is 1.43. The summed E-state index contributed by atoms with van der Waals surface area (Å²) in [5.41, 5.74) is 0. The molecule has 0 spiro atoms. The molecule has 0 saturated carbocycles. The number of alkyl halides is 1. The molecule has 0 aromatic carbocycles. The average Bonchev–Trinajstić information content (AvgIpc) is 2.32. The van der Waals surface area contributed by atoms with Crippen molar-refractivity contribution in [3.8, 4) is 0 Å². The molecular formula is C11H17FO4. The molecule has 0 heterocycles. The number of hydrogen-bond acceptors (Lipinski definition) is 4. The highest BCUT2D eigenvalue weighted by atomic mass is 19.1. The van der Waals surface area contributed by atoms with E-state index in [1.54, 1.807) is 0 Å². The first kappa shape index (κ1) is 14.6.